The van der Waals surface area contributed by atoms with E-state index in [2.05, 4.69) is 49.2 Å². The Hall–Kier alpha value is -1.64. The average molecular weight is 229 g/mol. The zero-order chi connectivity index (χ0) is 12.4. The Morgan fingerprint density at radius 1 is 1.00 bits per heavy atom. The molecule has 3 heteroatoms. The van der Waals surface area contributed by atoms with Crippen molar-refractivity contribution in [2.24, 2.45) is 0 Å². The molecule has 0 saturated heterocycles. The highest BCUT2D eigenvalue weighted by Gasteiger charge is 2.09. The molecule has 90 valence electrons. The smallest absolute Gasteiger partial charge is 0.0828 e. The molecule has 2 aromatic rings. The van der Waals surface area contributed by atoms with Crippen LogP contribution in [-0.4, -0.2) is 15.4 Å². The topological polar surface area (TPSA) is 41.6 Å². The molecule has 1 aromatic carbocycles. The molecule has 0 saturated carbocycles. The van der Waals surface area contributed by atoms with E-state index >= 15 is 0 Å². The van der Waals surface area contributed by atoms with Crippen molar-refractivity contribution >= 4 is 0 Å². The summed E-state index contributed by atoms with van der Waals surface area (Å²) in [7, 11) is 0. The number of aromatic amines is 1. The van der Waals surface area contributed by atoms with Crippen LogP contribution in [0.4, 0.5) is 0 Å². The fourth-order valence-electron chi connectivity index (χ4n) is 2.27. The summed E-state index contributed by atoms with van der Waals surface area (Å²) < 4.78 is 0. The van der Waals surface area contributed by atoms with Crippen LogP contribution in [0.3, 0.4) is 0 Å². The van der Waals surface area contributed by atoms with Gasteiger partial charge in [0.15, 0.2) is 0 Å². The van der Waals surface area contributed by atoms with E-state index in [9.17, 15) is 0 Å². The van der Waals surface area contributed by atoms with Gasteiger partial charge in [-0.3, -0.25) is 0 Å². The SMILES string of the molecule is Cc1cc(C)c(C)c(CCc2cn[nH]n2)c1C. The van der Waals surface area contributed by atoms with Gasteiger partial charge in [-0.2, -0.15) is 15.4 Å². The van der Waals surface area contributed by atoms with Crippen LogP contribution in [0.5, 0.6) is 0 Å². The van der Waals surface area contributed by atoms with Crippen molar-refractivity contribution < 1.29 is 0 Å². The molecule has 2 rings (SSSR count). The maximum atomic E-state index is 4.10. The second-order valence-electron chi connectivity index (χ2n) is 4.70. The Balaban J connectivity index is 2.26. The average Bonchev–Trinajstić information content (AvgIpc) is 2.79. The van der Waals surface area contributed by atoms with E-state index in [1.54, 1.807) is 6.20 Å². The third kappa shape index (κ3) is 2.38. The molecular weight excluding hydrogens is 210 g/mol. The fourth-order valence-corrected chi connectivity index (χ4v) is 2.27. The minimum Gasteiger partial charge on any atom is -0.198 e. The number of aryl methyl sites for hydroxylation is 3. The van der Waals surface area contributed by atoms with E-state index in [-0.39, 0.29) is 0 Å². The van der Waals surface area contributed by atoms with E-state index in [0.717, 1.165) is 18.5 Å². The van der Waals surface area contributed by atoms with Crippen molar-refractivity contribution in [2.75, 3.05) is 0 Å². The molecule has 0 aliphatic heterocycles. The minimum atomic E-state index is 0.946. The summed E-state index contributed by atoms with van der Waals surface area (Å²) in [4.78, 5) is 0. The predicted octanol–water partition coefficient (Wildman–Crippen LogP) is 2.82. The van der Waals surface area contributed by atoms with Crippen molar-refractivity contribution in [3.05, 3.63) is 45.8 Å². The molecule has 1 N–H and O–H groups in total. The number of hydrogen-bond acceptors (Lipinski definition) is 2. The maximum Gasteiger partial charge on any atom is 0.0828 e. The summed E-state index contributed by atoms with van der Waals surface area (Å²) in [6.07, 6.45) is 3.78. The summed E-state index contributed by atoms with van der Waals surface area (Å²) >= 11 is 0. The van der Waals surface area contributed by atoms with Crippen LogP contribution in [0, 0.1) is 27.7 Å². The monoisotopic (exact) mass is 229 g/mol. The first-order chi connectivity index (χ1) is 8.09. The molecule has 0 unspecified atom stereocenters. The standard InChI is InChI=1S/C14H19N3/c1-9-7-10(2)12(4)14(11(9)3)6-5-13-8-15-17-16-13/h7-8H,5-6H2,1-4H3,(H,15,16,17). The largest absolute Gasteiger partial charge is 0.198 e. The molecule has 0 aliphatic carbocycles. The summed E-state index contributed by atoms with van der Waals surface area (Å²) in [5.74, 6) is 0. The van der Waals surface area contributed by atoms with Gasteiger partial charge in [0.25, 0.3) is 0 Å². The molecule has 0 atom stereocenters. The van der Waals surface area contributed by atoms with E-state index in [0.29, 0.717) is 0 Å². The van der Waals surface area contributed by atoms with Crippen LogP contribution in [0.2, 0.25) is 0 Å². The molecule has 0 fully saturated rings. The Kier molecular flexibility index (Phi) is 3.27. The van der Waals surface area contributed by atoms with Crippen molar-refractivity contribution in [1.82, 2.24) is 15.4 Å². The highest BCUT2D eigenvalue weighted by molar-refractivity contribution is 5.44. The van der Waals surface area contributed by atoms with Gasteiger partial charge in [-0.1, -0.05) is 6.07 Å². The molecule has 17 heavy (non-hydrogen) atoms. The van der Waals surface area contributed by atoms with Gasteiger partial charge in [-0.05, 0) is 68.4 Å². The van der Waals surface area contributed by atoms with E-state index in [1.165, 1.54) is 27.8 Å². The van der Waals surface area contributed by atoms with Crippen molar-refractivity contribution in [2.45, 2.75) is 40.5 Å². The lowest BCUT2D eigenvalue weighted by molar-refractivity contribution is 0.861. The van der Waals surface area contributed by atoms with Crippen molar-refractivity contribution in [3.8, 4) is 0 Å². The van der Waals surface area contributed by atoms with Gasteiger partial charge in [-0.15, -0.1) is 0 Å². The van der Waals surface area contributed by atoms with Crippen LogP contribution in [-0.2, 0) is 12.8 Å². The summed E-state index contributed by atoms with van der Waals surface area (Å²) in [6.45, 7) is 8.78. The third-order valence-electron chi connectivity index (χ3n) is 3.62. The van der Waals surface area contributed by atoms with Gasteiger partial charge in [0.05, 0.1) is 11.9 Å². The normalized spacial score (nSPS) is 10.8. The Morgan fingerprint density at radius 2 is 1.65 bits per heavy atom. The van der Waals surface area contributed by atoms with Crippen LogP contribution >= 0.6 is 0 Å². The first kappa shape index (κ1) is 11.8. The number of nitrogens with zero attached hydrogens (tertiary/aromatic N) is 2. The van der Waals surface area contributed by atoms with E-state index in [4.69, 9.17) is 0 Å². The number of hydrogen-bond donors (Lipinski definition) is 1. The van der Waals surface area contributed by atoms with Crippen LogP contribution in [0.1, 0.15) is 33.5 Å². The minimum absolute atomic E-state index is 0.946. The number of benzene rings is 1. The maximum absolute atomic E-state index is 4.10. The first-order valence-electron chi connectivity index (χ1n) is 6.00. The van der Waals surface area contributed by atoms with E-state index < -0.39 is 0 Å². The highest BCUT2D eigenvalue weighted by Crippen LogP contribution is 2.22. The first-order valence-corrected chi connectivity index (χ1v) is 6.00. The lowest BCUT2D eigenvalue weighted by Gasteiger charge is -2.14. The molecule has 0 amide bonds. The summed E-state index contributed by atoms with van der Waals surface area (Å²) in [5, 5.41) is 10.6. The molecular formula is C14H19N3. The van der Waals surface area contributed by atoms with Crippen LogP contribution < -0.4 is 0 Å². The van der Waals surface area contributed by atoms with Gasteiger partial charge in [0, 0.05) is 0 Å². The zero-order valence-electron chi connectivity index (χ0n) is 11.0. The molecule has 0 spiro atoms. The molecule has 1 aromatic heterocycles. The van der Waals surface area contributed by atoms with E-state index in [1.807, 2.05) is 0 Å². The van der Waals surface area contributed by atoms with Gasteiger partial charge < -0.3 is 0 Å². The quantitative estimate of drug-likeness (QED) is 0.879. The zero-order valence-corrected chi connectivity index (χ0v) is 11.0. The lowest BCUT2D eigenvalue weighted by Crippen LogP contribution is -2.01. The molecule has 0 aliphatic rings. The van der Waals surface area contributed by atoms with Gasteiger partial charge in [0.1, 0.15) is 0 Å². The Bertz CT molecular complexity index is 487. The number of H-pyrrole nitrogens is 1. The summed E-state index contributed by atoms with van der Waals surface area (Å²) in [6, 6.07) is 2.27. The second-order valence-corrected chi connectivity index (χ2v) is 4.70. The van der Waals surface area contributed by atoms with Crippen molar-refractivity contribution in [1.29, 1.82) is 0 Å². The van der Waals surface area contributed by atoms with Gasteiger partial charge >= 0.3 is 0 Å². The lowest BCUT2D eigenvalue weighted by atomic mass is 9.91. The van der Waals surface area contributed by atoms with Crippen molar-refractivity contribution in [3.63, 3.8) is 0 Å². The van der Waals surface area contributed by atoms with Crippen LogP contribution in [0.15, 0.2) is 12.3 Å². The Labute approximate surface area is 102 Å². The second kappa shape index (κ2) is 4.70. The number of aromatic nitrogens is 3. The highest BCUT2D eigenvalue weighted by atomic mass is 15.3. The third-order valence-corrected chi connectivity index (χ3v) is 3.62. The van der Waals surface area contributed by atoms with Crippen LogP contribution in [0.25, 0.3) is 0 Å². The number of rotatable bonds is 3. The molecule has 0 radical (unpaired) electrons. The fraction of sp³-hybridized carbons (Fsp3) is 0.429. The van der Waals surface area contributed by atoms with Gasteiger partial charge in [-0.25, -0.2) is 0 Å². The predicted molar refractivity (Wildman–Crippen MR) is 69.2 cm³/mol. The molecule has 3 nitrogen and oxygen atoms in total. The Morgan fingerprint density at radius 3 is 2.18 bits per heavy atom. The molecule has 1 heterocycles. The number of nitrogens with one attached hydrogen (secondary N) is 1. The molecule has 0 bridgehead atoms. The summed E-state index contributed by atoms with van der Waals surface area (Å²) in [5.41, 5.74) is 8.08. The van der Waals surface area contributed by atoms with Gasteiger partial charge in [0.2, 0.25) is 0 Å².